The topological polar surface area (TPSA) is 76.7 Å². The van der Waals surface area contributed by atoms with Crippen molar-refractivity contribution in [3.05, 3.63) is 33.8 Å². The summed E-state index contributed by atoms with van der Waals surface area (Å²) in [5, 5.41) is 6.32. The summed E-state index contributed by atoms with van der Waals surface area (Å²) in [6.07, 6.45) is 1.59. The second kappa shape index (κ2) is 10.4. The fraction of sp³-hybridized carbons (Fsp3) is 0.680. The number of benzene rings is 1. The van der Waals surface area contributed by atoms with E-state index in [0.717, 1.165) is 6.42 Å². The summed E-state index contributed by atoms with van der Waals surface area (Å²) in [6.45, 7) is 15.2. The monoisotopic (exact) mass is 510 g/mol. The van der Waals surface area contributed by atoms with E-state index in [9.17, 15) is 9.59 Å². The maximum Gasteiger partial charge on any atom is 0.481 e. The molecule has 1 aromatic rings. The van der Waals surface area contributed by atoms with Crippen molar-refractivity contribution in [1.29, 1.82) is 0 Å². The van der Waals surface area contributed by atoms with E-state index in [1.807, 2.05) is 0 Å². The van der Waals surface area contributed by atoms with Crippen LogP contribution in [0.3, 0.4) is 0 Å². The van der Waals surface area contributed by atoms with Crippen LogP contribution in [0.4, 0.5) is 0 Å². The molecule has 2 aliphatic rings. The average Bonchev–Trinajstić information content (AvgIpc) is 3.09. The summed E-state index contributed by atoms with van der Waals surface area (Å²) < 4.78 is 13.0. The predicted molar refractivity (Wildman–Crippen MR) is 137 cm³/mol. The second-order valence-electron chi connectivity index (χ2n) is 11.1. The highest BCUT2D eigenvalue weighted by atomic mass is 35.5. The quantitative estimate of drug-likeness (QED) is 0.497. The minimum absolute atomic E-state index is 0.0215. The van der Waals surface area contributed by atoms with E-state index in [1.165, 1.54) is 6.07 Å². The number of rotatable bonds is 7. The van der Waals surface area contributed by atoms with E-state index in [-0.39, 0.29) is 46.4 Å². The third-order valence-corrected chi connectivity index (χ3v) is 8.67. The van der Waals surface area contributed by atoms with Gasteiger partial charge in [-0.05, 0) is 61.1 Å². The van der Waals surface area contributed by atoms with Gasteiger partial charge in [-0.15, -0.1) is 0 Å². The molecule has 1 aromatic carbocycles. The van der Waals surface area contributed by atoms with Crippen molar-refractivity contribution in [2.75, 3.05) is 6.54 Å². The Bertz CT molecular complexity index is 928. The van der Waals surface area contributed by atoms with E-state index in [4.69, 9.17) is 32.5 Å². The molecule has 0 radical (unpaired) electrons. The van der Waals surface area contributed by atoms with Gasteiger partial charge in [0.1, 0.15) is 0 Å². The lowest BCUT2D eigenvalue weighted by atomic mass is 9.57. The summed E-state index contributed by atoms with van der Waals surface area (Å²) in [5.41, 5.74) is -0.0736. The van der Waals surface area contributed by atoms with Crippen LogP contribution in [0, 0.1) is 23.2 Å². The van der Waals surface area contributed by atoms with Gasteiger partial charge >= 0.3 is 7.12 Å². The summed E-state index contributed by atoms with van der Waals surface area (Å²) >= 11 is 12.1. The number of nitrogens with one attached hydrogen (secondary N) is 2. The van der Waals surface area contributed by atoms with Crippen molar-refractivity contribution in [3.8, 4) is 0 Å². The maximum atomic E-state index is 12.8. The molecule has 1 saturated heterocycles. The van der Waals surface area contributed by atoms with Crippen LogP contribution in [0.15, 0.2) is 18.2 Å². The normalized spacial score (nSPS) is 29.0. The molecule has 1 heterocycles. The third kappa shape index (κ3) is 5.58. The predicted octanol–water partition coefficient (Wildman–Crippen LogP) is 5.16. The van der Waals surface area contributed by atoms with Crippen molar-refractivity contribution >= 4 is 42.1 Å². The maximum absolute atomic E-state index is 12.8. The first-order valence-electron chi connectivity index (χ1n) is 12.1. The van der Waals surface area contributed by atoms with Crippen molar-refractivity contribution in [2.45, 2.75) is 79.0 Å². The van der Waals surface area contributed by atoms with Gasteiger partial charge in [-0.25, -0.2) is 0 Å². The van der Waals surface area contributed by atoms with E-state index in [0.29, 0.717) is 23.3 Å². The molecule has 9 heteroatoms. The van der Waals surface area contributed by atoms with Crippen molar-refractivity contribution in [1.82, 2.24) is 10.6 Å². The molecule has 6 nitrogen and oxygen atoms in total. The van der Waals surface area contributed by atoms with Gasteiger partial charge in [0.15, 0.2) is 0 Å². The molecule has 3 rings (SSSR count). The van der Waals surface area contributed by atoms with E-state index < -0.39 is 18.6 Å². The van der Waals surface area contributed by atoms with Gasteiger partial charge in [0.05, 0.1) is 34.8 Å². The lowest BCUT2D eigenvalue weighted by Crippen LogP contribution is -2.56. The Morgan fingerprint density at radius 1 is 1.21 bits per heavy atom. The SMILES string of the molecule is CC(C)C[C@H](NC(=O)CNC(=O)c1cc(Cl)ccc1Cl)B1O[C@@H]2C[C@H](C)C(C)(C)[C@H](C)[C@]2(C)O1. The molecule has 1 aliphatic carbocycles. The summed E-state index contributed by atoms with van der Waals surface area (Å²) in [4.78, 5) is 25.3. The van der Waals surface area contributed by atoms with Crippen LogP contribution in [-0.2, 0) is 14.1 Å². The fourth-order valence-corrected chi connectivity index (χ4v) is 5.60. The standard InChI is InChI=1S/C25H37BCl2N2O4/c1-14(2)10-21(26-33-20-11-15(3)24(5,6)16(4)25(20,7)34-26)30-22(31)13-29-23(32)18-12-17(27)8-9-19(18)28/h8-9,12,14-16,20-21H,10-11,13H2,1-7H3,(H,29,32)(H,30,31)/t15-,16-,20+,21-,25-/m0/s1. The number of amides is 2. The van der Waals surface area contributed by atoms with Crippen LogP contribution in [0.2, 0.25) is 10.0 Å². The molecule has 2 fully saturated rings. The summed E-state index contributed by atoms with van der Waals surface area (Å²) in [5.74, 6) is 0.00406. The molecule has 34 heavy (non-hydrogen) atoms. The Hall–Kier alpha value is -1.28. The molecule has 1 saturated carbocycles. The van der Waals surface area contributed by atoms with Crippen LogP contribution in [0.5, 0.6) is 0 Å². The van der Waals surface area contributed by atoms with Gasteiger partial charge in [0.2, 0.25) is 5.91 Å². The van der Waals surface area contributed by atoms with Gasteiger partial charge < -0.3 is 19.9 Å². The minimum atomic E-state index is -0.539. The smallest absolute Gasteiger partial charge is 0.404 e. The molecule has 2 N–H and O–H groups in total. The Morgan fingerprint density at radius 3 is 2.53 bits per heavy atom. The van der Waals surface area contributed by atoms with E-state index >= 15 is 0 Å². The van der Waals surface area contributed by atoms with E-state index in [1.54, 1.807) is 12.1 Å². The molecule has 1 aliphatic heterocycles. The number of fused-ring (bicyclic) bond motifs is 1. The highest BCUT2D eigenvalue weighted by Crippen LogP contribution is 2.54. The lowest BCUT2D eigenvalue weighted by Gasteiger charge is -2.53. The fourth-order valence-electron chi connectivity index (χ4n) is 5.22. The van der Waals surface area contributed by atoms with Crippen LogP contribution in [-0.4, -0.2) is 43.1 Å². The van der Waals surface area contributed by atoms with Crippen molar-refractivity contribution in [2.24, 2.45) is 23.2 Å². The molecule has 0 spiro atoms. The van der Waals surface area contributed by atoms with Gasteiger partial charge in [0, 0.05) is 5.02 Å². The average molecular weight is 511 g/mol. The summed E-state index contributed by atoms with van der Waals surface area (Å²) in [7, 11) is -0.539. The molecule has 188 valence electrons. The van der Waals surface area contributed by atoms with Gasteiger partial charge in [-0.3, -0.25) is 9.59 Å². The highest BCUT2D eigenvalue weighted by molar-refractivity contribution is 6.47. The molecular formula is C25H37BCl2N2O4. The highest BCUT2D eigenvalue weighted by Gasteiger charge is 2.61. The van der Waals surface area contributed by atoms with Gasteiger partial charge in [0.25, 0.3) is 5.91 Å². The van der Waals surface area contributed by atoms with Crippen LogP contribution < -0.4 is 10.6 Å². The van der Waals surface area contributed by atoms with E-state index in [2.05, 4.69) is 59.1 Å². The molecule has 0 unspecified atom stereocenters. The Morgan fingerprint density at radius 2 is 1.88 bits per heavy atom. The molecule has 0 aromatic heterocycles. The first-order valence-corrected chi connectivity index (χ1v) is 12.9. The number of hydrogen-bond acceptors (Lipinski definition) is 4. The first-order chi connectivity index (χ1) is 15.8. The molecule has 5 atom stereocenters. The zero-order chi connectivity index (χ0) is 25.4. The Balaban J connectivity index is 1.67. The summed E-state index contributed by atoms with van der Waals surface area (Å²) in [6, 6.07) is 4.63. The first kappa shape index (κ1) is 27.3. The van der Waals surface area contributed by atoms with Crippen LogP contribution in [0.25, 0.3) is 0 Å². The zero-order valence-corrected chi connectivity index (χ0v) is 22.7. The zero-order valence-electron chi connectivity index (χ0n) is 21.2. The number of hydrogen-bond donors (Lipinski definition) is 2. The largest absolute Gasteiger partial charge is 0.481 e. The lowest BCUT2D eigenvalue weighted by molar-refractivity contribution is -0.120. The third-order valence-electron chi connectivity index (χ3n) is 8.10. The Kier molecular flexibility index (Phi) is 8.34. The number of carbonyl (C=O) groups excluding carboxylic acids is 2. The van der Waals surface area contributed by atoms with Crippen LogP contribution >= 0.6 is 23.2 Å². The minimum Gasteiger partial charge on any atom is -0.404 e. The Labute approximate surface area is 214 Å². The van der Waals surface area contributed by atoms with Crippen molar-refractivity contribution < 1.29 is 18.9 Å². The number of carbonyl (C=O) groups is 2. The molecule has 2 amide bonds. The van der Waals surface area contributed by atoms with Gasteiger partial charge in [-0.2, -0.15) is 0 Å². The molecule has 0 bridgehead atoms. The second-order valence-corrected chi connectivity index (χ2v) is 11.9. The van der Waals surface area contributed by atoms with Gasteiger partial charge in [-0.1, -0.05) is 64.7 Å². The van der Waals surface area contributed by atoms with Crippen LogP contribution in [0.1, 0.15) is 71.7 Å². The molecular weight excluding hydrogens is 474 g/mol. The number of halogens is 2. The van der Waals surface area contributed by atoms with Crippen molar-refractivity contribution in [3.63, 3.8) is 0 Å².